The highest BCUT2D eigenvalue weighted by molar-refractivity contribution is 5.71. The predicted octanol–water partition coefficient (Wildman–Crippen LogP) is 3.06. The van der Waals surface area contributed by atoms with Gasteiger partial charge in [0.05, 0.1) is 11.4 Å². The fourth-order valence-electron chi connectivity index (χ4n) is 2.24. The summed E-state index contributed by atoms with van der Waals surface area (Å²) < 4.78 is 0. The summed E-state index contributed by atoms with van der Waals surface area (Å²) in [6.45, 7) is 4.21. The Balaban J connectivity index is 2.32. The first kappa shape index (κ1) is 14.4. The summed E-state index contributed by atoms with van der Waals surface area (Å²) in [4.78, 5) is 0. The minimum atomic E-state index is 1.10. The zero-order valence-corrected chi connectivity index (χ0v) is 12.5. The molecule has 0 aromatic heterocycles. The van der Waals surface area contributed by atoms with Gasteiger partial charge >= 0.3 is 0 Å². The second-order valence-corrected chi connectivity index (χ2v) is 4.81. The highest BCUT2D eigenvalue weighted by Crippen LogP contribution is 2.27. The number of hydrogen-bond acceptors (Lipinski definition) is 4. The SMILES string of the molecule is CNNc1ccc(-c2ccc(NNC)c(C)c2)cc1C. The third-order valence-corrected chi connectivity index (χ3v) is 3.31. The normalized spacial score (nSPS) is 10.4. The molecule has 0 spiro atoms. The standard InChI is InChI=1S/C16H22N4/c1-11-9-13(5-7-15(11)19-17-3)14-6-8-16(20-18-4)12(2)10-14/h5-10,17-20H,1-4H3. The van der Waals surface area contributed by atoms with Crippen molar-refractivity contribution in [1.82, 2.24) is 10.9 Å². The van der Waals surface area contributed by atoms with Crippen LogP contribution in [-0.4, -0.2) is 14.1 Å². The van der Waals surface area contributed by atoms with Gasteiger partial charge in [0.2, 0.25) is 0 Å². The van der Waals surface area contributed by atoms with Crippen molar-refractivity contribution < 1.29 is 0 Å². The van der Waals surface area contributed by atoms with Crippen molar-refractivity contribution in [2.75, 3.05) is 24.9 Å². The molecular formula is C16H22N4. The van der Waals surface area contributed by atoms with Gasteiger partial charge in [0.25, 0.3) is 0 Å². The van der Waals surface area contributed by atoms with Crippen LogP contribution in [0.25, 0.3) is 11.1 Å². The lowest BCUT2D eigenvalue weighted by Gasteiger charge is -2.12. The van der Waals surface area contributed by atoms with Gasteiger partial charge in [0.1, 0.15) is 0 Å². The Labute approximate surface area is 120 Å². The van der Waals surface area contributed by atoms with Crippen molar-refractivity contribution in [3.63, 3.8) is 0 Å². The fraction of sp³-hybridized carbons (Fsp3) is 0.250. The molecule has 2 rings (SSSR count). The van der Waals surface area contributed by atoms with Crippen molar-refractivity contribution in [3.05, 3.63) is 47.5 Å². The van der Waals surface area contributed by atoms with E-state index < -0.39 is 0 Å². The lowest BCUT2D eigenvalue weighted by atomic mass is 10.00. The van der Waals surface area contributed by atoms with Gasteiger partial charge in [-0.05, 0) is 60.4 Å². The van der Waals surface area contributed by atoms with Crippen molar-refractivity contribution in [1.29, 1.82) is 0 Å². The van der Waals surface area contributed by atoms with Gasteiger partial charge < -0.3 is 10.9 Å². The molecule has 0 fully saturated rings. The van der Waals surface area contributed by atoms with Gasteiger partial charge in [-0.3, -0.25) is 0 Å². The number of hydrazine groups is 2. The van der Waals surface area contributed by atoms with Crippen LogP contribution in [0.2, 0.25) is 0 Å². The van der Waals surface area contributed by atoms with Crippen LogP contribution in [0.1, 0.15) is 11.1 Å². The van der Waals surface area contributed by atoms with Crippen molar-refractivity contribution >= 4 is 11.4 Å². The van der Waals surface area contributed by atoms with Crippen LogP contribution in [0, 0.1) is 13.8 Å². The molecule has 0 aliphatic carbocycles. The number of benzene rings is 2. The number of rotatable bonds is 5. The van der Waals surface area contributed by atoms with Crippen molar-refractivity contribution in [2.45, 2.75) is 13.8 Å². The first-order valence-corrected chi connectivity index (χ1v) is 6.73. The van der Waals surface area contributed by atoms with Gasteiger partial charge in [-0.25, -0.2) is 10.9 Å². The lowest BCUT2D eigenvalue weighted by Crippen LogP contribution is -2.15. The summed E-state index contributed by atoms with van der Waals surface area (Å²) in [6, 6.07) is 12.8. The quantitative estimate of drug-likeness (QED) is 0.631. The largest absolute Gasteiger partial charge is 0.321 e. The van der Waals surface area contributed by atoms with E-state index >= 15 is 0 Å². The zero-order chi connectivity index (χ0) is 14.5. The van der Waals surface area contributed by atoms with Crippen LogP contribution in [0.15, 0.2) is 36.4 Å². The minimum Gasteiger partial charge on any atom is -0.321 e. The molecule has 0 saturated carbocycles. The topological polar surface area (TPSA) is 48.1 Å². The monoisotopic (exact) mass is 270 g/mol. The first-order chi connectivity index (χ1) is 9.65. The highest BCUT2D eigenvalue weighted by Gasteiger charge is 2.04. The van der Waals surface area contributed by atoms with Crippen molar-refractivity contribution in [2.24, 2.45) is 0 Å². The van der Waals surface area contributed by atoms with Gasteiger partial charge in [-0.15, -0.1) is 0 Å². The van der Waals surface area contributed by atoms with Crippen molar-refractivity contribution in [3.8, 4) is 11.1 Å². The van der Waals surface area contributed by atoms with E-state index in [9.17, 15) is 0 Å². The lowest BCUT2D eigenvalue weighted by molar-refractivity contribution is 0.979. The van der Waals surface area contributed by atoms with Gasteiger partial charge in [-0.1, -0.05) is 12.1 Å². The molecule has 2 aromatic carbocycles. The van der Waals surface area contributed by atoms with E-state index in [1.807, 2.05) is 14.1 Å². The van der Waals surface area contributed by atoms with Crippen LogP contribution >= 0.6 is 0 Å². The van der Waals surface area contributed by atoms with Gasteiger partial charge in [0.15, 0.2) is 0 Å². The molecule has 0 saturated heterocycles. The molecule has 0 atom stereocenters. The average Bonchev–Trinajstić information content (AvgIpc) is 2.44. The molecule has 0 radical (unpaired) electrons. The minimum absolute atomic E-state index is 1.10. The summed E-state index contributed by atoms with van der Waals surface area (Å²) >= 11 is 0. The number of aryl methyl sites for hydroxylation is 2. The molecule has 0 amide bonds. The summed E-state index contributed by atoms with van der Waals surface area (Å²) in [7, 11) is 3.73. The summed E-state index contributed by atoms with van der Waals surface area (Å²) in [5.41, 5.74) is 19.2. The molecule has 2 aromatic rings. The van der Waals surface area contributed by atoms with Crippen LogP contribution in [-0.2, 0) is 0 Å². The maximum atomic E-state index is 3.12. The van der Waals surface area contributed by atoms with E-state index in [1.165, 1.54) is 22.3 Å². The maximum absolute atomic E-state index is 3.12. The average molecular weight is 270 g/mol. The first-order valence-electron chi connectivity index (χ1n) is 6.73. The predicted molar refractivity (Wildman–Crippen MR) is 86.7 cm³/mol. The molecular weight excluding hydrogens is 248 g/mol. The van der Waals surface area contributed by atoms with E-state index in [0.717, 1.165) is 11.4 Å². The Morgan fingerprint density at radius 1 is 0.650 bits per heavy atom. The molecule has 4 nitrogen and oxygen atoms in total. The Morgan fingerprint density at radius 3 is 1.35 bits per heavy atom. The number of nitrogens with one attached hydrogen (secondary N) is 4. The van der Waals surface area contributed by atoms with Crippen LogP contribution in [0.5, 0.6) is 0 Å². The molecule has 0 aliphatic rings. The number of hydrogen-bond donors (Lipinski definition) is 4. The van der Waals surface area contributed by atoms with E-state index in [4.69, 9.17) is 0 Å². The Bertz CT molecular complexity index is 540. The van der Waals surface area contributed by atoms with Crippen LogP contribution in [0.4, 0.5) is 11.4 Å². The maximum Gasteiger partial charge on any atom is 0.0517 e. The van der Waals surface area contributed by atoms with E-state index in [1.54, 1.807) is 0 Å². The molecule has 4 N–H and O–H groups in total. The molecule has 4 heteroatoms. The summed E-state index contributed by atoms with van der Waals surface area (Å²) in [5, 5.41) is 0. The molecule has 0 aliphatic heterocycles. The van der Waals surface area contributed by atoms with Crippen LogP contribution < -0.4 is 21.7 Å². The zero-order valence-electron chi connectivity index (χ0n) is 12.5. The Hall–Kier alpha value is -2.04. The molecule has 0 bridgehead atoms. The second-order valence-electron chi connectivity index (χ2n) is 4.81. The Morgan fingerprint density at radius 2 is 1.05 bits per heavy atom. The summed E-state index contributed by atoms with van der Waals surface area (Å²) in [5.74, 6) is 0. The van der Waals surface area contributed by atoms with E-state index in [2.05, 4.69) is 71.9 Å². The van der Waals surface area contributed by atoms with Crippen LogP contribution in [0.3, 0.4) is 0 Å². The molecule has 106 valence electrons. The van der Waals surface area contributed by atoms with E-state index in [-0.39, 0.29) is 0 Å². The van der Waals surface area contributed by atoms with Gasteiger partial charge in [-0.2, -0.15) is 0 Å². The second kappa shape index (κ2) is 6.41. The summed E-state index contributed by atoms with van der Waals surface area (Å²) in [6.07, 6.45) is 0. The molecule has 0 unspecified atom stereocenters. The smallest absolute Gasteiger partial charge is 0.0517 e. The Kier molecular flexibility index (Phi) is 4.61. The molecule has 0 heterocycles. The van der Waals surface area contributed by atoms with Gasteiger partial charge in [0, 0.05) is 14.1 Å². The molecule has 20 heavy (non-hydrogen) atoms. The highest BCUT2D eigenvalue weighted by atomic mass is 15.3. The van der Waals surface area contributed by atoms with E-state index in [0.29, 0.717) is 0 Å². The third kappa shape index (κ3) is 3.10. The fourth-order valence-corrected chi connectivity index (χ4v) is 2.24. The number of anilines is 2. The third-order valence-electron chi connectivity index (χ3n) is 3.31.